The van der Waals surface area contributed by atoms with Crippen LogP contribution in [0.1, 0.15) is 20.8 Å². The molecular formula is C13H18F4N2O3S2. The van der Waals surface area contributed by atoms with Crippen LogP contribution in [-0.4, -0.2) is 33.7 Å². The first-order valence-electron chi connectivity index (χ1n) is 6.80. The highest BCUT2D eigenvalue weighted by molar-refractivity contribution is 7.99. The van der Waals surface area contributed by atoms with Gasteiger partial charge in [0.05, 0.1) is 4.90 Å². The average Bonchev–Trinajstić information content (AvgIpc) is 2.54. The Morgan fingerprint density at radius 1 is 1.04 bits per heavy atom. The number of halogens is 4. The Labute approximate surface area is 142 Å². The Morgan fingerprint density at radius 3 is 1.88 bits per heavy atom. The van der Waals surface area contributed by atoms with Crippen LogP contribution in [-0.2, 0) is 14.8 Å². The molecule has 0 heterocycles. The lowest BCUT2D eigenvalue weighted by atomic mass is 10.3. The number of carbonyl (C=O) groups excluding carboxylic acids is 1. The van der Waals surface area contributed by atoms with Crippen LogP contribution in [0.15, 0.2) is 9.79 Å². The van der Waals surface area contributed by atoms with Crippen molar-refractivity contribution in [2.45, 2.75) is 30.6 Å². The highest BCUT2D eigenvalue weighted by atomic mass is 32.2. The molecule has 1 aromatic rings. The molecule has 0 aromatic heterocycles. The van der Waals surface area contributed by atoms with Crippen molar-refractivity contribution in [2.75, 3.05) is 19.3 Å². The van der Waals surface area contributed by atoms with Crippen LogP contribution in [0.5, 0.6) is 0 Å². The molecule has 0 atom stereocenters. The van der Waals surface area contributed by atoms with Gasteiger partial charge < -0.3 is 5.32 Å². The third-order valence-corrected chi connectivity index (χ3v) is 4.93. The van der Waals surface area contributed by atoms with Crippen molar-refractivity contribution >= 4 is 27.7 Å². The molecule has 0 radical (unpaired) electrons. The topological polar surface area (TPSA) is 75.3 Å². The monoisotopic (exact) mass is 390 g/mol. The molecule has 0 unspecified atom stereocenters. The van der Waals surface area contributed by atoms with Crippen molar-refractivity contribution in [1.29, 1.82) is 0 Å². The van der Waals surface area contributed by atoms with E-state index in [1.54, 1.807) is 4.72 Å². The number of nitrogens with one attached hydrogen (secondary N) is 2. The first-order chi connectivity index (χ1) is 11.1. The van der Waals surface area contributed by atoms with E-state index < -0.39 is 43.1 Å². The lowest BCUT2D eigenvalue weighted by Gasteiger charge is -2.11. The summed E-state index contributed by atoms with van der Waals surface area (Å²) in [6, 6.07) is 0. The second-order valence-electron chi connectivity index (χ2n) is 3.95. The van der Waals surface area contributed by atoms with Crippen LogP contribution in [0.2, 0.25) is 0 Å². The average molecular weight is 390 g/mol. The number of amides is 1. The third kappa shape index (κ3) is 5.35. The molecule has 1 aromatic carbocycles. The lowest BCUT2D eigenvalue weighted by Crippen LogP contribution is -2.24. The van der Waals surface area contributed by atoms with E-state index in [1.165, 1.54) is 6.92 Å². The number of benzene rings is 1. The highest BCUT2D eigenvalue weighted by Crippen LogP contribution is 2.33. The summed E-state index contributed by atoms with van der Waals surface area (Å²) in [7, 11) is -3.86. The molecule has 0 fully saturated rings. The van der Waals surface area contributed by atoms with Gasteiger partial charge in [0.15, 0.2) is 28.2 Å². The molecule has 5 nitrogen and oxygen atoms in total. The molecule has 138 valence electrons. The maximum Gasteiger partial charge on any atom is 0.246 e. The summed E-state index contributed by atoms with van der Waals surface area (Å²) in [6.45, 7) is 5.24. The Balaban J connectivity index is 0.00000254. The van der Waals surface area contributed by atoms with E-state index in [-0.39, 0.29) is 18.2 Å². The summed E-state index contributed by atoms with van der Waals surface area (Å²) in [4.78, 5) is 7.92. The van der Waals surface area contributed by atoms with E-state index in [2.05, 4.69) is 5.32 Å². The van der Waals surface area contributed by atoms with Gasteiger partial charge in [-0.2, -0.15) is 0 Å². The van der Waals surface area contributed by atoms with Crippen LogP contribution < -0.4 is 10.0 Å². The van der Waals surface area contributed by atoms with E-state index in [9.17, 15) is 30.8 Å². The highest BCUT2D eigenvalue weighted by Gasteiger charge is 2.32. The van der Waals surface area contributed by atoms with Crippen molar-refractivity contribution < 1.29 is 30.8 Å². The molecule has 0 saturated carbocycles. The molecule has 1 amide bonds. The van der Waals surface area contributed by atoms with Crippen LogP contribution >= 0.6 is 11.8 Å². The van der Waals surface area contributed by atoms with E-state index in [0.717, 1.165) is 7.05 Å². The van der Waals surface area contributed by atoms with Crippen molar-refractivity contribution in [3.63, 3.8) is 0 Å². The molecule has 0 saturated heterocycles. The van der Waals surface area contributed by atoms with Gasteiger partial charge in [0, 0.05) is 19.2 Å². The third-order valence-electron chi connectivity index (χ3n) is 2.44. The van der Waals surface area contributed by atoms with Gasteiger partial charge in [-0.15, -0.1) is 11.8 Å². The first kappa shape index (κ1) is 22.7. The van der Waals surface area contributed by atoms with Crippen LogP contribution in [0.3, 0.4) is 0 Å². The van der Waals surface area contributed by atoms with Gasteiger partial charge in [0.1, 0.15) is 0 Å². The Morgan fingerprint density at radius 2 is 1.50 bits per heavy atom. The van der Waals surface area contributed by atoms with Gasteiger partial charge in [-0.25, -0.2) is 30.7 Å². The number of rotatable bonds is 6. The van der Waals surface area contributed by atoms with Gasteiger partial charge in [-0.3, -0.25) is 4.79 Å². The molecule has 0 aliphatic carbocycles. The number of thioether (sulfide) groups is 1. The first-order valence-corrected chi connectivity index (χ1v) is 9.27. The Bertz CT molecular complexity index is 668. The largest absolute Gasteiger partial charge is 0.356 e. The molecule has 11 heteroatoms. The second kappa shape index (κ2) is 9.84. The molecule has 0 bridgehead atoms. The zero-order chi connectivity index (χ0) is 19.1. The van der Waals surface area contributed by atoms with E-state index in [4.69, 9.17) is 0 Å². The second-order valence-corrected chi connectivity index (χ2v) is 6.88. The quantitative estimate of drug-likeness (QED) is 0.339. The van der Waals surface area contributed by atoms with Crippen molar-refractivity contribution in [3.05, 3.63) is 23.3 Å². The number of hydrogen-bond donors (Lipinski definition) is 2. The molecular weight excluding hydrogens is 372 g/mol. The maximum absolute atomic E-state index is 13.8. The van der Waals surface area contributed by atoms with Gasteiger partial charge >= 0.3 is 0 Å². The maximum atomic E-state index is 13.8. The molecule has 2 N–H and O–H groups in total. The molecule has 0 aliphatic rings. The number of hydrogen-bond acceptors (Lipinski definition) is 4. The summed E-state index contributed by atoms with van der Waals surface area (Å²) < 4.78 is 79.4. The van der Waals surface area contributed by atoms with Crippen LogP contribution in [0.25, 0.3) is 0 Å². The van der Waals surface area contributed by atoms with Crippen molar-refractivity contribution in [3.8, 4) is 0 Å². The minimum absolute atomic E-state index is 0.0126. The Hall–Kier alpha value is -1.33. The minimum atomic E-state index is -4.70. The SMILES string of the molecule is CC.CNS(=O)(=O)c1c(F)c(F)c(SCCNC(C)=O)c(F)c1F. The van der Waals surface area contributed by atoms with Crippen molar-refractivity contribution in [2.24, 2.45) is 0 Å². The van der Waals surface area contributed by atoms with Gasteiger partial charge in [-0.1, -0.05) is 13.8 Å². The fraction of sp³-hybridized carbons (Fsp3) is 0.462. The molecule has 0 spiro atoms. The van der Waals surface area contributed by atoms with Crippen LogP contribution in [0, 0.1) is 23.3 Å². The fourth-order valence-corrected chi connectivity index (χ4v) is 3.13. The normalized spacial score (nSPS) is 10.8. The smallest absolute Gasteiger partial charge is 0.246 e. The molecule has 0 aliphatic heterocycles. The minimum Gasteiger partial charge on any atom is -0.356 e. The van der Waals surface area contributed by atoms with Crippen LogP contribution in [0.4, 0.5) is 17.6 Å². The predicted molar refractivity (Wildman–Crippen MR) is 83.3 cm³/mol. The van der Waals surface area contributed by atoms with E-state index in [1.807, 2.05) is 13.8 Å². The zero-order valence-electron chi connectivity index (χ0n) is 13.5. The summed E-state index contributed by atoms with van der Waals surface area (Å²) in [5.74, 6) is -8.06. The van der Waals surface area contributed by atoms with E-state index >= 15 is 0 Å². The number of carbonyl (C=O) groups is 1. The van der Waals surface area contributed by atoms with Gasteiger partial charge in [-0.05, 0) is 7.05 Å². The van der Waals surface area contributed by atoms with E-state index in [0.29, 0.717) is 11.8 Å². The summed E-state index contributed by atoms with van der Waals surface area (Å²) in [5, 5.41) is 2.33. The molecule has 24 heavy (non-hydrogen) atoms. The fourth-order valence-electron chi connectivity index (χ4n) is 1.44. The Kier molecular flexibility index (Phi) is 9.30. The standard InChI is InChI=1S/C11H12F4N2O3S2.C2H6/c1-5(18)17-3-4-21-10-6(12)8(14)11(9(15)7(10)13)22(19,20)16-2;1-2/h16H,3-4H2,1-2H3,(H,17,18);1-2H3. The number of sulfonamides is 1. The van der Waals surface area contributed by atoms with Gasteiger partial charge in [0.25, 0.3) is 0 Å². The zero-order valence-corrected chi connectivity index (χ0v) is 15.1. The van der Waals surface area contributed by atoms with Crippen molar-refractivity contribution in [1.82, 2.24) is 10.0 Å². The lowest BCUT2D eigenvalue weighted by molar-refractivity contribution is -0.118. The predicted octanol–water partition coefficient (Wildman–Crippen LogP) is 2.41. The molecule has 1 rings (SSSR count). The summed E-state index contributed by atoms with van der Waals surface area (Å²) >= 11 is 0.411. The van der Waals surface area contributed by atoms with Gasteiger partial charge in [0.2, 0.25) is 15.9 Å². The summed E-state index contributed by atoms with van der Waals surface area (Å²) in [5.41, 5.74) is 0. The summed E-state index contributed by atoms with van der Waals surface area (Å²) in [6.07, 6.45) is 0.